The number of aromatic nitrogens is 4. The van der Waals surface area contributed by atoms with E-state index in [1.807, 2.05) is 24.3 Å². The number of alkyl halides is 1. The first kappa shape index (κ1) is 21.8. The molecule has 2 aromatic carbocycles. The van der Waals surface area contributed by atoms with Crippen LogP contribution in [0.4, 0.5) is 13.9 Å². The molecule has 1 saturated carbocycles. The Morgan fingerprint density at radius 1 is 1.23 bits per heavy atom. The minimum absolute atomic E-state index is 0.262. The molecule has 6 nitrogen and oxygen atoms in total. The lowest BCUT2D eigenvalue weighted by Gasteiger charge is -2.15. The second-order valence-corrected chi connectivity index (χ2v) is 9.85. The minimum Gasteiger partial charge on any atom is -0.302 e. The SMILES string of the molecule is Cc1c(F)cc2[nH]ncc2c1-c1ccc2nc(NC(=O)[C@@H]3C[C@@H]3F)sc2c1CCc1ccncc1. The van der Waals surface area contributed by atoms with Gasteiger partial charge in [-0.3, -0.25) is 14.9 Å². The number of aromatic amines is 1. The van der Waals surface area contributed by atoms with E-state index < -0.39 is 12.1 Å². The van der Waals surface area contributed by atoms with Crippen molar-refractivity contribution in [3.05, 3.63) is 71.4 Å². The van der Waals surface area contributed by atoms with Gasteiger partial charge >= 0.3 is 0 Å². The van der Waals surface area contributed by atoms with Crippen molar-refractivity contribution in [2.75, 3.05) is 5.32 Å². The topological polar surface area (TPSA) is 83.6 Å². The van der Waals surface area contributed by atoms with Crippen LogP contribution in [0.3, 0.4) is 0 Å². The summed E-state index contributed by atoms with van der Waals surface area (Å²) in [5, 5.41) is 11.1. The molecule has 1 amide bonds. The number of thiazole rings is 1. The molecule has 0 unspecified atom stereocenters. The number of carbonyl (C=O) groups excluding carboxylic acids is 1. The summed E-state index contributed by atoms with van der Waals surface area (Å²) in [6, 6.07) is 9.26. The van der Waals surface area contributed by atoms with Crippen molar-refractivity contribution >= 4 is 43.5 Å². The largest absolute Gasteiger partial charge is 0.302 e. The maximum atomic E-state index is 14.9. The number of benzene rings is 2. The molecule has 35 heavy (non-hydrogen) atoms. The Kier molecular flexibility index (Phi) is 5.29. The van der Waals surface area contributed by atoms with Crippen LogP contribution >= 0.6 is 11.3 Å². The molecule has 6 rings (SSSR count). The predicted molar refractivity (Wildman–Crippen MR) is 133 cm³/mol. The van der Waals surface area contributed by atoms with Crippen LogP contribution in [0.25, 0.3) is 32.2 Å². The maximum Gasteiger partial charge on any atom is 0.232 e. The van der Waals surface area contributed by atoms with Gasteiger partial charge in [0, 0.05) is 17.8 Å². The van der Waals surface area contributed by atoms with Crippen LogP contribution in [0.1, 0.15) is 23.1 Å². The summed E-state index contributed by atoms with van der Waals surface area (Å²) in [7, 11) is 0. The van der Waals surface area contributed by atoms with Gasteiger partial charge in [-0.2, -0.15) is 5.10 Å². The Morgan fingerprint density at radius 3 is 2.80 bits per heavy atom. The standard InChI is InChI=1S/C26H21F2N5OS/c1-13-19(27)11-22-18(12-30-33-22)23(13)15-4-5-21-24(16(15)3-2-14-6-8-29-9-7-14)35-26(31-21)32-25(34)17-10-20(17)28/h4-9,11-12,17,20H,2-3,10H2,1H3,(H,30,33)(H,31,32,34)/t17-,20+/m1/s1. The second-order valence-electron chi connectivity index (χ2n) is 8.85. The van der Waals surface area contributed by atoms with Gasteiger partial charge in [0.05, 0.1) is 27.8 Å². The van der Waals surface area contributed by atoms with Gasteiger partial charge in [0.2, 0.25) is 5.91 Å². The zero-order valence-electron chi connectivity index (χ0n) is 18.8. The Bertz CT molecular complexity index is 1580. The normalized spacial score (nSPS) is 17.2. The number of carbonyl (C=O) groups is 1. The Balaban J connectivity index is 1.49. The Morgan fingerprint density at radius 2 is 2.03 bits per heavy atom. The molecule has 5 aromatic rings. The number of rotatable bonds is 6. The lowest BCUT2D eigenvalue weighted by Crippen LogP contribution is -2.14. The zero-order chi connectivity index (χ0) is 24.1. The van der Waals surface area contributed by atoms with Gasteiger partial charge in [0.25, 0.3) is 0 Å². The first-order valence-corrected chi connectivity index (χ1v) is 12.2. The van der Waals surface area contributed by atoms with Gasteiger partial charge in [-0.15, -0.1) is 0 Å². The molecule has 176 valence electrons. The summed E-state index contributed by atoms with van der Waals surface area (Å²) in [4.78, 5) is 21.0. The van der Waals surface area contributed by atoms with Crippen molar-refractivity contribution in [3.63, 3.8) is 0 Å². The Labute approximate surface area is 203 Å². The quantitative estimate of drug-likeness (QED) is 0.318. The number of nitrogens with zero attached hydrogens (tertiary/aromatic N) is 3. The number of nitrogens with one attached hydrogen (secondary N) is 2. The number of H-pyrrole nitrogens is 1. The first-order valence-electron chi connectivity index (χ1n) is 11.4. The summed E-state index contributed by atoms with van der Waals surface area (Å²) >= 11 is 1.37. The third-order valence-electron chi connectivity index (χ3n) is 6.56. The van der Waals surface area contributed by atoms with E-state index in [1.54, 1.807) is 25.5 Å². The van der Waals surface area contributed by atoms with Crippen LogP contribution in [-0.4, -0.2) is 32.2 Å². The predicted octanol–water partition coefficient (Wildman–Crippen LogP) is 5.76. The highest BCUT2D eigenvalue weighted by atomic mass is 32.1. The fourth-order valence-corrected chi connectivity index (χ4v) is 5.59. The van der Waals surface area contributed by atoms with E-state index in [9.17, 15) is 13.6 Å². The molecule has 9 heteroatoms. The van der Waals surface area contributed by atoms with Crippen molar-refractivity contribution in [3.8, 4) is 11.1 Å². The molecular weight excluding hydrogens is 468 g/mol. The number of aryl methyl sites for hydroxylation is 2. The molecule has 0 radical (unpaired) electrons. The van der Waals surface area contributed by atoms with Crippen LogP contribution in [0.5, 0.6) is 0 Å². The molecule has 1 aliphatic carbocycles. The van der Waals surface area contributed by atoms with Crippen LogP contribution in [0, 0.1) is 18.7 Å². The number of anilines is 1. The van der Waals surface area contributed by atoms with Gasteiger partial charge in [-0.1, -0.05) is 17.4 Å². The summed E-state index contributed by atoms with van der Waals surface area (Å²) in [5.41, 5.74) is 5.76. The van der Waals surface area contributed by atoms with E-state index >= 15 is 0 Å². The highest BCUT2D eigenvalue weighted by molar-refractivity contribution is 7.22. The van der Waals surface area contributed by atoms with E-state index in [0.717, 1.165) is 44.3 Å². The van der Waals surface area contributed by atoms with E-state index in [1.165, 1.54) is 17.4 Å². The summed E-state index contributed by atoms with van der Waals surface area (Å²) in [6.45, 7) is 1.77. The van der Waals surface area contributed by atoms with Gasteiger partial charge in [0.1, 0.15) is 12.0 Å². The molecule has 0 aliphatic heterocycles. The van der Waals surface area contributed by atoms with Crippen molar-refractivity contribution in [1.82, 2.24) is 20.2 Å². The smallest absolute Gasteiger partial charge is 0.232 e. The molecule has 3 aromatic heterocycles. The van der Waals surface area contributed by atoms with Crippen molar-refractivity contribution in [2.45, 2.75) is 32.4 Å². The lowest BCUT2D eigenvalue weighted by molar-refractivity contribution is -0.117. The van der Waals surface area contributed by atoms with E-state index in [-0.39, 0.29) is 18.1 Å². The third kappa shape index (κ3) is 3.95. The molecule has 0 saturated heterocycles. The average Bonchev–Trinajstić information content (AvgIpc) is 3.22. The molecule has 3 heterocycles. The van der Waals surface area contributed by atoms with Gasteiger partial charge in [-0.25, -0.2) is 13.8 Å². The fraction of sp³-hybridized carbons (Fsp3) is 0.231. The first-order chi connectivity index (χ1) is 17.0. The van der Waals surface area contributed by atoms with Crippen LogP contribution in [0.2, 0.25) is 0 Å². The molecule has 2 N–H and O–H groups in total. The van der Waals surface area contributed by atoms with Gasteiger partial charge in [-0.05, 0) is 78.3 Å². The third-order valence-corrected chi connectivity index (χ3v) is 7.61. The highest BCUT2D eigenvalue weighted by Crippen LogP contribution is 2.41. The number of hydrogen-bond donors (Lipinski definition) is 2. The minimum atomic E-state index is -1.07. The fourth-order valence-electron chi connectivity index (χ4n) is 4.54. The van der Waals surface area contributed by atoms with E-state index in [0.29, 0.717) is 22.6 Å². The van der Waals surface area contributed by atoms with Crippen molar-refractivity contribution < 1.29 is 13.6 Å². The maximum absolute atomic E-state index is 14.9. The van der Waals surface area contributed by atoms with Crippen LogP contribution in [-0.2, 0) is 17.6 Å². The average molecular weight is 490 g/mol. The van der Waals surface area contributed by atoms with E-state index in [2.05, 4.69) is 25.5 Å². The molecule has 1 aliphatic rings. The monoisotopic (exact) mass is 489 g/mol. The number of pyridine rings is 1. The van der Waals surface area contributed by atoms with Crippen molar-refractivity contribution in [1.29, 1.82) is 0 Å². The van der Waals surface area contributed by atoms with Gasteiger partial charge < -0.3 is 5.32 Å². The van der Waals surface area contributed by atoms with E-state index in [4.69, 9.17) is 0 Å². The van der Waals surface area contributed by atoms with Crippen molar-refractivity contribution in [2.24, 2.45) is 5.92 Å². The van der Waals surface area contributed by atoms with Gasteiger partial charge in [0.15, 0.2) is 5.13 Å². The Hall–Kier alpha value is -3.72. The summed E-state index contributed by atoms with van der Waals surface area (Å²) in [6.07, 6.45) is 5.87. The van der Waals surface area contributed by atoms with Crippen LogP contribution < -0.4 is 5.32 Å². The number of hydrogen-bond acceptors (Lipinski definition) is 5. The lowest BCUT2D eigenvalue weighted by atomic mass is 9.90. The number of fused-ring (bicyclic) bond motifs is 2. The number of amides is 1. The highest BCUT2D eigenvalue weighted by Gasteiger charge is 2.43. The zero-order valence-corrected chi connectivity index (χ0v) is 19.6. The summed E-state index contributed by atoms with van der Waals surface area (Å²) in [5.74, 6) is -1.23. The molecule has 2 atom stereocenters. The number of halogens is 2. The molecule has 0 bridgehead atoms. The van der Waals surface area contributed by atoms with Crippen LogP contribution in [0.15, 0.2) is 48.9 Å². The summed E-state index contributed by atoms with van der Waals surface area (Å²) < 4.78 is 29.2. The molecule has 0 spiro atoms. The molecule has 1 fully saturated rings. The second kappa shape index (κ2) is 8.49. The molecular formula is C26H21F2N5OS.